The zero-order valence-electron chi connectivity index (χ0n) is 6.99. The molecular formula is C9H14O3. The fourth-order valence-electron chi connectivity index (χ4n) is 2.33. The third kappa shape index (κ3) is 0.873. The molecule has 1 fully saturated rings. The van der Waals surface area contributed by atoms with Gasteiger partial charge in [-0.1, -0.05) is 6.08 Å². The van der Waals surface area contributed by atoms with E-state index in [0.29, 0.717) is 12.5 Å². The summed E-state index contributed by atoms with van der Waals surface area (Å²) in [7, 11) is 0. The van der Waals surface area contributed by atoms with E-state index in [9.17, 15) is 5.11 Å². The topological polar surface area (TPSA) is 49.7 Å². The second-order valence-electron chi connectivity index (χ2n) is 3.50. The zero-order chi connectivity index (χ0) is 8.60. The molecule has 1 aliphatic heterocycles. The van der Waals surface area contributed by atoms with Crippen LogP contribution in [0.15, 0.2) is 11.6 Å². The summed E-state index contributed by atoms with van der Waals surface area (Å²) in [4.78, 5) is 0. The molecule has 0 aromatic carbocycles. The molecule has 1 saturated heterocycles. The normalized spacial score (nSPS) is 39.8. The molecule has 3 nitrogen and oxygen atoms in total. The summed E-state index contributed by atoms with van der Waals surface area (Å²) in [5, 5.41) is 18.3. The Labute approximate surface area is 71.7 Å². The zero-order valence-corrected chi connectivity index (χ0v) is 6.99. The maximum absolute atomic E-state index is 9.25. The largest absolute Gasteiger partial charge is 0.393 e. The number of aliphatic hydroxyl groups is 2. The molecule has 68 valence electrons. The number of rotatable bonds is 2. The number of fused-ring (bicyclic) bond motifs is 1. The molecule has 12 heavy (non-hydrogen) atoms. The lowest BCUT2D eigenvalue weighted by molar-refractivity contribution is -0.0312. The molecule has 0 bridgehead atoms. The van der Waals surface area contributed by atoms with Crippen molar-refractivity contribution in [1.82, 2.24) is 0 Å². The van der Waals surface area contributed by atoms with Gasteiger partial charge in [0.1, 0.15) is 5.60 Å². The first kappa shape index (κ1) is 8.23. The highest BCUT2D eigenvalue weighted by Gasteiger charge is 2.49. The molecule has 0 unspecified atom stereocenters. The molecule has 1 heterocycles. The number of allylic oxidation sites excluding steroid dienone is 1. The summed E-state index contributed by atoms with van der Waals surface area (Å²) in [5.41, 5.74) is 0.349. The van der Waals surface area contributed by atoms with Gasteiger partial charge in [-0.25, -0.2) is 0 Å². The first-order valence-corrected chi connectivity index (χ1v) is 4.38. The van der Waals surface area contributed by atoms with Crippen LogP contribution >= 0.6 is 0 Å². The van der Waals surface area contributed by atoms with Gasteiger partial charge in [-0.15, -0.1) is 0 Å². The molecule has 0 spiro atoms. The SMILES string of the molecule is OCC1=CC[C@@H]2CCO[C@]12CO. The Hall–Kier alpha value is -0.380. The van der Waals surface area contributed by atoms with Crippen molar-refractivity contribution in [2.75, 3.05) is 19.8 Å². The third-order valence-electron chi connectivity index (χ3n) is 3.08. The molecule has 3 heteroatoms. The summed E-state index contributed by atoms with van der Waals surface area (Å²) in [6, 6.07) is 0. The highest BCUT2D eigenvalue weighted by atomic mass is 16.5. The van der Waals surface area contributed by atoms with Crippen LogP contribution in [0.1, 0.15) is 12.8 Å². The van der Waals surface area contributed by atoms with Gasteiger partial charge in [0.05, 0.1) is 13.2 Å². The molecule has 0 aromatic rings. The number of hydrogen-bond donors (Lipinski definition) is 2. The van der Waals surface area contributed by atoms with E-state index in [1.165, 1.54) is 0 Å². The Kier molecular flexibility index (Phi) is 1.94. The average molecular weight is 170 g/mol. The van der Waals surface area contributed by atoms with Crippen molar-refractivity contribution in [3.8, 4) is 0 Å². The lowest BCUT2D eigenvalue weighted by Gasteiger charge is -2.29. The van der Waals surface area contributed by atoms with E-state index in [2.05, 4.69) is 0 Å². The summed E-state index contributed by atoms with van der Waals surface area (Å²) < 4.78 is 5.54. The third-order valence-corrected chi connectivity index (χ3v) is 3.08. The minimum Gasteiger partial charge on any atom is -0.393 e. The van der Waals surface area contributed by atoms with Crippen molar-refractivity contribution in [2.24, 2.45) is 5.92 Å². The Morgan fingerprint density at radius 3 is 3.08 bits per heavy atom. The van der Waals surface area contributed by atoms with Crippen LogP contribution in [0, 0.1) is 5.92 Å². The summed E-state index contributed by atoms with van der Waals surface area (Å²) in [5.74, 6) is 0.393. The van der Waals surface area contributed by atoms with Crippen LogP contribution in [0.2, 0.25) is 0 Å². The predicted molar refractivity (Wildman–Crippen MR) is 43.7 cm³/mol. The summed E-state index contributed by atoms with van der Waals surface area (Å²) in [6.45, 7) is 0.726. The predicted octanol–water partition coefficient (Wildman–Crippen LogP) is 0.0764. The first-order chi connectivity index (χ1) is 5.83. The van der Waals surface area contributed by atoms with E-state index in [-0.39, 0.29) is 13.2 Å². The van der Waals surface area contributed by atoms with Gasteiger partial charge in [0.25, 0.3) is 0 Å². The molecule has 0 saturated carbocycles. The summed E-state index contributed by atoms with van der Waals surface area (Å²) >= 11 is 0. The van der Waals surface area contributed by atoms with E-state index in [1.807, 2.05) is 6.08 Å². The maximum Gasteiger partial charge on any atom is 0.117 e. The van der Waals surface area contributed by atoms with Crippen LogP contribution < -0.4 is 0 Å². The smallest absolute Gasteiger partial charge is 0.117 e. The van der Waals surface area contributed by atoms with Crippen molar-refractivity contribution < 1.29 is 14.9 Å². The molecule has 2 aliphatic rings. The maximum atomic E-state index is 9.25. The standard InChI is InChI=1S/C9H14O3/c10-5-8-2-1-7-3-4-12-9(7,8)6-11/h2,7,10-11H,1,3-6H2/t7-,9+/m1/s1. The first-order valence-electron chi connectivity index (χ1n) is 4.38. The fraction of sp³-hybridized carbons (Fsp3) is 0.778. The van der Waals surface area contributed by atoms with Crippen LogP contribution in [0.4, 0.5) is 0 Å². The Morgan fingerprint density at radius 1 is 1.58 bits per heavy atom. The minimum absolute atomic E-state index is 0.00403. The van der Waals surface area contributed by atoms with E-state index in [4.69, 9.17) is 9.84 Å². The molecular weight excluding hydrogens is 156 g/mol. The Morgan fingerprint density at radius 2 is 2.42 bits per heavy atom. The number of hydrogen-bond acceptors (Lipinski definition) is 3. The van der Waals surface area contributed by atoms with E-state index in [1.54, 1.807) is 0 Å². The highest BCUT2D eigenvalue weighted by molar-refractivity contribution is 5.28. The van der Waals surface area contributed by atoms with Crippen LogP contribution in [0.5, 0.6) is 0 Å². The monoisotopic (exact) mass is 170 g/mol. The van der Waals surface area contributed by atoms with Crippen LogP contribution in [-0.2, 0) is 4.74 Å². The number of aliphatic hydroxyl groups excluding tert-OH is 2. The van der Waals surface area contributed by atoms with Crippen molar-refractivity contribution in [1.29, 1.82) is 0 Å². The van der Waals surface area contributed by atoms with Gasteiger partial charge in [-0.2, -0.15) is 0 Å². The van der Waals surface area contributed by atoms with Crippen molar-refractivity contribution in [3.63, 3.8) is 0 Å². The van der Waals surface area contributed by atoms with E-state index in [0.717, 1.165) is 18.4 Å². The van der Waals surface area contributed by atoms with Crippen LogP contribution in [0.25, 0.3) is 0 Å². The molecule has 0 amide bonds. The average Bonchev–Trinajstić information content (AvgIpc) is 2.60. The molecule has 0 radical (unpaired) electrons. The lowest BCUT2D eigenvalue weighted by atomic mass is 9.87. The van der Waals surface area contributed by atoms with Gasteiger partial charge in [0.15, 0.2) is 0 Å². The number of ether oxygens (including phenoxy) is 1. The summed E-state index contributed by atoms with van der Waals surface area (Å²) in [6.07, 6.45) is 3.94. The van der Waals surface area contributed by atoms with Crippen LogP contribution in [0.3, 0.4) is 0 Å². The van der Waals surface area contributed by atoms with Gasteiger partial charge < -0.3 is 14.9 Å². The van der Waals surface area contributed by atoms with Crippen LogP contribution in [-0.4, -0.2) is 35.6 Å². The minimum atomic E-state index is -0.519. The van der Waals surface area contributed by atoms with Gasteiger partial charge in [-0.05, 0) is 24.3 Å². The van der Waals surface area contributed by atoms with Gasteiger partial charge in [-0.3, -0.25) is 0 Å². The second kappa shape index (κ2) is 2.83. The fourth-order valence-corrected chi connectivity index (χ4v) is 2.33. The Balaban J connectivity index is 2.27. The van der Waals surface area contributed by atoms with Crippen molar-refractivity contribution in [3.05, 3.63) is 11.6 Å². The molecule has 0 aromatic heterocycles. The second-order valence-corrected chi connectivity index (χ2v) is 3.50. The highest BCUT2D eigenvalue weighted by Crippen LogP contribution is 2.44. The van der Waals surface area contributed by atoms with Crippen molar-refractivity contribution in [2.45, 2.75) is 18.4 Å². The molecule has 1 aliphatic carbocycles. The van der Waals surface area contributed by atoms with E-state index >= 15 is 0 Å². The van der Waals surface area contributed by atoms with Gasteiger partial charge >= 0.3 is 0 Å². The lowest BCUT2D eigenvalue weighted by Crippen LogP contribution is -2.39. The van der Waals surface area contributed by atoms with E-state index < -0.39 is 5.60 Å². The molecule has 2 N–H and O–H groups in total. The van der Waals surface area contributed by atoms with Gasteiger partial charge in [0, 0.05) is 6.61 Å². The Bertz CT molecular complexity index is 212. The molecule has 2 rings (SSSR count). The molecule has 2 atom stereocenters. The quantitative estimate of drug-likeness (QED) is 0.577. The van der Waals surface area contributed by atoms with Crippen molar-refractivity contribution >= 4 is 0 Å². The van der Waals surface area contributed by atoms with Gasteiger partial charge in [0.2, 0.25) is 0 Å².